The fourth-order valence-electron chi connectivity index (χ4n) is 2.24. The third-order valence-electron chi connectivity index (χ3n) is 3.62. The molecule has 0 aliphatic rings. The van der Waals surface area contributed by atoms with Gasteiger partial charge in [0.2, 0.25) is 0 Å². The van der Waals surface area contributed by atoms with Crippen LogP contribution in [-0.2, 0) is 17.8 Å². The summed E-state index contributed by atoms with van der Waals surface area (Å²) in [6.07, 6.45) is -4.75. The standard InChI is InChI=1S/C16H25NO6/c1-17(8-12-4-2-11(3-5-12)6-7-18)9-13(20)15(22)16(23)14(21)10-19/h2-5,7,13-16,19-23H,6,8-10H2,1H3. The van der Waals surface area contributed by atoms with Gasteiger partial charge in [0.15, 0.2) is 0 Å². The zero-order valence-electron chi connectivity index (χ0n) is 13.1. The van der Waals surface area contributed by atoms with Crippen LogP contribution < -0.4 is 0 Å². The Bertz CT molecular complexity index is 466. The molecule has 1 aromatic carbocycles. The van der Waals surface area contributed by atoms with Gasteiger partial charge in [0.05, 0.1) is 12.7 Å². The maximum atomic E-state index is 10.4. The Hall–Kier alpha value is -1.35. The number of hydrogen-bond acceptors (Lipinski definition) is 7. The van der Waals surface area contributed by atoms with E-state index in [1.54, 1.807) is 11.9 Å². The Labute approximate surface area is 135 Å². The Morgan fingerprint density at radius 2 is 1.52 bits per heavy atom. The lowest BCUT2D eigenvalue weighted by atomic mass is 10.0. The van der Waals surface area contributed by atoms with E-state index in [0.29, 0.717) is 13.0 Å². The Morgan fingerprint density at radius 3 is 2.04 bits per heavy atom. The molecular weight excluding hydrogens is 302 g/mol. The highest BCUT2D eigenvalue weighted by Crippen LogP contribution is 2.10. The van der Waals surface area contributed by atoms with Gasteiger partial charge in [0.25, 0.3) is 0 Å². The smallest absolute Gasteiger partial charge is 0.124 e. The molecule has 1 rings (SSSR count). The zero-order valence-corrected chi connectivity index (χ0v) is 13.1. The number of carbonyl (C=O) groups is 1. The molecule has 5 N–H and O–H groups in total. The highest BCUT2D eigenvalue weighted by molar-refractivity contribution is 5.54. The molecule has 1 aromatic rings. The van der Waals surface area contributed by atoms with Crippen LogP contribution in [0.15, 0.2) is 24.3 Å². The first-order chi connectivity index (χ1) is 10.9. The van der Waals surface area contributed by atoms with Crippen LogP contribution in [0.4, 0.5) is 0 Å². The molecule has 7 heteroatoms. The predicted molar refractivity (Wildman–Crippen MR) is 83.7 cm³/mol. The van der Waals surface area contributed by atoms with Gasteiger partial charge in [-0.25, -0.2) is 0 Å². The van der Waals surface area contributed by atoms with Crippen molar-refractivity contribution in [3.63, 3.8) is 0 Å². The molecule has 0 fully saturated rings. The van der Waals surface area contributed by atoms with Gasteiger partial charge < -0.3 is 30.3 Å². The lowest BCUT2D eigenvalue weighted by molar-refractivity contribution is -0.118. The molecule has 0 spiro atoms. The molecular formula is C16H25NO6. The van der Waals surface area contributed by atoms with Crippen molar-refractivity contribution in [3.8, 4) is 0 Å². The van der Waals surface area contributed by atoms with Crippen LogP contribution in [-0.4, -0.2) is 81.3 Å². The Kier molecular flexibility index (Phi) is 8.32. The van der Waals surface area contributed by atoms with Gasteiger partial charge in [-0.3, -0.25) is 4.90 Å². The number of nitrogens with zero attached hydrogens (tertiary/aromatic N) is 1. The van der Waals surface area contributed by atoms with E-state index in [-0.39, 0.29) is 6.54 Å². The van der Waals surface area contributed by atoms with Gasteiger partial charge in [-0.05, 0) is 18.2 Å². The molecule has 0 heterocycles. The van der Waals surface area contributed by atoms with E-state index < -0.39 is 31.0 Å². The van der Waals surface area contributed by atoms with Crippen LogP contribution in [0.3, 0.4) is 0 Å². The molecule has 4 atom stereocenters. The second-order valence-corrected chi connectivity index (χ2v) is 5.68. The van der Waals surface area contributed by atoms with E-state index in [0.717, 1.165) is 17.4 Å². The molecule has 0 saturated carbocycles. The molecule has 0 radical (unpaired) electrons. The van der Waals surface area contributed by atoms with Crippen molar-refractivity contribution >= 4 is 6.29 Å². The maximum Gasteiger partial charge on any atom is 0.124 e. The number of hydrogen-bond donors (Lipinski definition) is 5. The molecule has 7 nitrogen and oxygen atoms in total. The number of carbonyl (C=O) groups excluding carboxylic acids is 1. The van der Waals surface area contributed by atoms with Gasteiger partial charge in [-0.2, -0.15) is 0 Å². The van der Waals surface area contributed by atoms with Gasteiger partial charge in [0.1, 0.15) is 24.6 Å². The van der Waals surface area contributed by atoms with Gasteiger partial charge in [0, 0.05) is 19.5 Å². The maximum absolute atomic E-state index is 10.4. The zero-order chi connectivity index (χ0) is 17.4. The van der Waals surface area contributed by atoms with E-state index in [1.165, 1.54) is 0 Å². The highest BCUT2D eigenvalue weighted by Gasteiger charge is 2.30. The van der Waals surface area contributed by atoms with E-state index in [1.807, 2.05) is 24.3 Å². The van der Waals surface area contributed by atoms with Crippen LogP contribution in [0.25, 0.3) is 0 Å². The number of rotatable bonds is 10. The van der Waals surface area contributed by atoms with Crippen molar-refractivity contribution in [1.29, 1.82) is 0 Å². The topological polar surface area (TPSA) is 121 Å². The Balaban J connectivity index is 2.51. The second kappa shape index (κ2) is 9.71. The van der Waals surface area contributed by atoms with Gasteiger partial charge >= 0.3 is 0 Å². The fourth-order valence-corrected chi connectivity index (χ4v) is 2.24. The first-order valence-electron chi connectivity index (χ1n) is 7.42. The summed E-state index contributed by atoms with van der Waals surface area (Å²) >= 11 is 0. The van der Waals surface area contributed by atoms with Crippen molar-refractivity contribution in [1.82, 2.24) is 4.90 Å². The number of aldehydes is 1. The lowest BCUT2D eigenvalue weighted by Crippen LogP contribution is -2.49. The average molecular weight is 327 g/mol. The van der Waals surface area contributed by atoms with Crippen LogP contribution in [0.2, 0.25) is 0 Å². The summed E-state index contributed by atoms with van der Waals surface area (Å²) in [5.74, 6) is 0. The lowest BCUT2D eigenvalue weighted by Gasteiger charge is -2.28. The van der Waals surface area contributed by atoms with E-state index >= 15 is 0 Å². The number of aliphatic hydroxyl groups is 5. The van der Waals surface area contributed by atoms with Crippen LogP contribution in [0, 0.1) is 0 Å². The van der Waals surface area contributed by atoms with Gasteiger partial charge in [-0.1, -0.05) is 24.3 Å². The second-order valence-electron chi connectivity index (χ2n) is 5.68. The number of aliphatic hydroxyl groups excluding tert-OH is 5. The average Bonchev–Trinajstić information content (AvgIpc) is 2.54. The summed E-state index contributed by atoms with van der Waals surface area (Å²) in [6.45, 7) is -0.121. The predicted octanol–water partition coefficient (Wildman–Crippen LogP) is -1.70. The summed E-state index contributed by atoms with van der Waals surface area (Å²) in [4.78, 5) is 12.2. The van der Waals surface area contributed by atoms with Gasteiger partial charge in [-0.15, -0.1) is 0 Å². The van der Waals surface area contributed by atoms with E-state index in [2.05, 4.69) is 0 Å². The first kappa shape index (κ1) is 19.7. The summed E-state index contributed by atoms with van der Waals surface area (Å²) in [5, 5.41) is 47.3. The van der Waals surface area contributed by atoms with E-state index in [4.69, 9.17) is 5.11 Å². The molecule has 0 aromatic heterocycles. The van der Waals surface area contributed by atoms with E-state index in [9.17, 15) is 25.2 Å². The summed E-state index contributed by atoms with van der Waals surface area (Å²) in [5.41, 5.74) is 1.89. The Morgan fingerprint density at radius 1 is 1.00 bits per heavy atom. The third kappa shape index (κ3) is 6.34. The SMILES string of the molecule is CN(Cc1ccc(CC=O)cc1)CC(O)C(O)C(O)C(O)CO. The van der Waals surface area contributed by atoms with Crippen LogP contribution in [0.1, 0.15) is 11.1 Å². The van der Waals surface area contributed by atoms with Crippen molar-refractivity contribution in [2.45, 2.75) is 37.4 Å². The van der Waals surface area contributed by atoms with Crippen molar-refractivity contribution in [3.05, 3.63) is 35.4 Å². The number of benzene rings is 1. The molecule has 0 saturated heterocycles. The summed E-state index contributed by atoms with van der Waals surface area (Å²) < 4.78 is 0. The molecule has 0 aliphatic carbocycles. The number of likely N-dealkylation sites (N-methyl/N-ethyl adjacent to an activating group) is 1. The molecule has 23 heavy (non-hydrogen) atoms. The minimum absolute atomic E-state index is 0.0759. The quantitative estimate of drug-likeness (QED) is 0.325. The summed E-state index contributed by atoms with van der Waals surface area (Å²) in [6, 6.07) is 7.46. The van der Waals surface area contributed by atoms with Crippen LogP contribution in [0.5, 0.6) is 0 Å². The summed E-state index contributed by atoms with van der Waals surface area (Å²) in [7, 11) is 1.74. The molecule has 130 valence electrons. The molecule has 0 aliphatic heterocycles. The normalized spacial score (nSPS) is 16.8. The van der Waals surface area contributed by atoms with Crippen molar-refractivity contribution < 1.29 is 30.3 Å². The third-order valence-corrected chi connectivity index (χ3v) is 3.62. The minimum atomic E-state index is -1.62. The van der Waals surface area contributed by atoms with Crippen molar-refractivity contribution in [2.24, 2.45) is 0 Å². The first-order valence-corrected chi connectivity index (χ1v) is 7.42. The van der Waals surface area contributed by atoms with Crippen LogP contribution >= 0.6 is 0 Å². The monoisotopic (exact) mass is 327 g/mol. The minimum Gasteiger partial charge on any atom is -0.394 e. The molecule has 0 bridgehead atoms. The highest BCUT2D eigenvalue weighted by atomic mass is 16.4. The molecule has 4 unspecified atom stereocenters. The fraction of sp³-hybridized carbons (Fsp3) is 0.562. The molecule has 0 amide bonds. The van der Waals surface area contributed by atoms with Crippen molar-refractivity contribution in [2.75, 3.05) is 20.2 Å². The largest absolute Gasteiger partial charge is 0.394 e.